The quantitative estimate of drug-likeness (QED) is 0.444. The number of benzene rings is 2. The van der Waals surface area contributed by atoms with Crippen LogP contribution in [0.4, 0.5) is 13.2 Å². The normalized spacial score (nSPS) is 11.3. The molecule has 27 heavy (non-hydrogen) atoms. The van der Waals surface area contributed by atoms with Gasteiger partial charge in [-0.25, -0.2) is 9.59 Å². The predicted octanol–water partition coefficient (Wildman–Crippen LogP) is 4.12. The van der Waals surface area contributed by atoms with E-state index >= 15 is 0 Å². The minimum absolute atomic E-state index is 0.0419. The fraction of sp³-hybridized carbons (Fsp3) is 0.158. The molecule has 2 rings (SSSR count). The lowest BCUT2D eigenvalue weighted by Gasteiger charge is -2.11. The van der Waals surface area contributed by atoms with E-state index in [1.165, 1.54) is 38.5 Å². The molecule has 142 valence electrons. The summed E-state index contributed by atoms with van der Waals surface area (Å²) in [5.41, 5.74) is -0.315. The lowest BCUT2D eigenvalue weighted by molar-refractivity contribution is -0.137. The van der Waals surface area contributed by atoms with Crippen molar-refractivity contribution in [2.75, 3.05) is 14.2 Å². The van der Waals surface area contributed by atoms with Crippen LogP contribution >= 0.6 is 0 Å². The summed E-state index contributed by atoms with van der Waals surface area (Å²) < 4.78 is 52.5. The number of esters is 2. The number of methoxy groups -OCH3 is 2. The molecule has 0 aliphatic rings. The molecule has 0 heterocycles. The summed E-state index contributed by atoms with van der Waals surface area (Å²) in [7, 11) is 2.61. The van der Waals surface area contributed by atoms with Crippen LogP contribution in [0, 0.1) is 0 Å². The van der Waals surface area contributed by atoms with Gasteiger partial charge < -0.3 is 14.2 Å². The first-order chi connectivity index (χ1) is 12.7. The van der Waals surface area contributed by atoms with E-state index in [2.05, 4.69) is 4.74 Å². The van der Waals surface area contributed by atoms with E-state index in [4.69, 9.17) is 9.47 Å². The molecule has 0 saturated heterocycles. The van der Waals surface area contributed by atoms with Gasteiger partial charge in [0.2, 0.25) is 0 Å². The number of hydrogen-bond donors (Lipinski definition) is 0. The molecule has 0 aliphatic carbocycles. The highest BCUT2D eigenvalue weighted by Gasteiger charge is 2.30. The molecule has 0 radical (unpaired) electrons. The van der Waals surface area contributed by atoms with Gasteiger partial charge >= 0.3 is 18.1 Å². The maximum atomic E-state index is 12.6. The Bertz CT molecular complexity index is 855. The van der Waals surface area contributed by atoms with Gasteiger partial charge in [0.15, 0.2) is 11.5 Å². The van der Waals surface area contributed by atoms with E-state index in [0.29, 0.717) is 5.56 Å². The summed E-state index contributed by atoms with van der Waals surface area (Å²) in [6, 6.07) is 8.20. The van der Waals surface area contributed by atoms with Crippen LogP contribution in [-0.4, -0.2) is 26.2 Å². The third-order valence-corrected chi connectivity index (χ3v) is 3.45. The molecule has 0 saturated carbocycles. The van der Waals surface area contributed by atoms with Gasteiger partial charge in [-0.05, 0) is 48.0 Å². The van der Waals surface area contributed by atoms with E-state index in [1.54, 1.807) is 6.07 Å². The summed E-state index contributed by atoms with van der Waals surface area (Å²) in [4.78, 5) is 23.3. The van der Waals surface area contributed by atoms with Gasteiger partial charge in [-0.3, -0.25) is 0 Å². The fourth-order valence-corrected chi connectivity index (χ4v) is 2.06. The molecule has 5 nitrogen and oxygen atoms in total. The average Bonchev–Trinajstić information content (AvgIpc) is 2.66. The molecular formula is C19H15F3O5. The summed E-state index contributed by atoms with van der Waals surface area (Å²) >= 11 is 0. The number of ether oxygens (including phenoxy) is 3. The Morgan fingerprint density at radius 3 is 2.19 bits per heavy atom. The molecular weight excluding hydrogens is 365 g/mol. The van der Waals surface area contributed by atoms with Gasteiger partial charge in [0.05, 0.1) is 25.3 Å². The molecule has 0 fully saturated rings. The summed E-state index contributed by atoms with van der Waals surface area (Å²) in [6.07, 6.45) is -1.79. The lowest BCUT2D eigenvalue weighted by atomic mass is 10.1. The number of carbonyl (C=O) groups is 2. The van der Waals surface area contributed by atoms with Crippen LogP contribution in [0.25, 0.3) is 6.08 Å². The second-order valence-electron chi connectivity index (χ2n) is 5.23. The molecule has 2 aromatic carbocycles. The Balaban J connectivity index is 2.17. The van der Waals surface area contributed by atoms with Crippen molar-refractivity contribution < 1.29 is 37.0 Å². The molecule has 0 atom stereocenters. The smallest absolute Gasteiger partial charge is 0.416 e. The summed E-state index contributed by atoms with van der Waals surface area (Å²) in [5.74, 6) is -1.08. The Morgan fingerprint density at radius 1 is 0.963 bits per heavy atom. The molecule has 8 heteroatoms. The van der Waals surface area contributed by atoms with Crippen molar-refractivity contribution in [3.8, 4) is 11.5 Å². The van der Waals surface area contributed by atoms with Gasteiger partial charge in [0.25, 0.3) is 0 Å². The SMILES string of the molecule is COC(=O)/C=C/c1ccc(OC(=O)c2ccc(C(F)(F)F)cc2)c(OC)c1. The first-order valence-corrected chi connectivity index (χ1v) is 7.58. The number of alkyl halides is 3. The Morgan fingerprint density at radius 2 is 1.63 bits per heavy atom. The minimum Gasteiger partial charge on any atom is -0.493 e. The Hall–Kier alpha value is -3.29. The van der Waals surface area contributed by atoms with Crippen molar-refractivity contribution in [1.82, 2.24) is 0 Å². The highest BCUT2D eigenvalue weighted by molar-refractivity contribution is 5.91. The van der Waals surface area contributed by atoms with Crippen LogP contribution in [0.3, 0.4) is 0 Å². The molecule has 0 aromatic heterocycles. The number of carbonyl (C=O) groups excluding carboxylic acids is 2. The van der Waals surface area contributed by atoms with E-state index < -0.39 is 23.7 Å². The summed E-state index contributed by atoms with van der Waals surface area (Å²) in [6.45, 7) is 0. The predicted molar refractivity (Wildman–Crippen MR) is 90.4 cm³/mol. The van der Waals surface area contributed by atoms with E-state index in [0.717, 1.165) is 24.3 Å². The van der Waals surface area contributed by atoms with Gasteiger partial charge in [0.1, 0.15) is 0 Å². The van der Waals surface area contributed by atoms with Crippen LogP contribution in [0.2, 0.25) is 0 Å². The monoisotopic (exact) mass is 380 g/mol. The van der Waals surface area contributed by atoms with Crippen LogP contribution in [0.15, 0.2) is 48.5 Å². The highest BCUT2D eigenvalue weighted by atomic mass is 19.4. The molecule has 0 bridgehead atoms. The van der Waals surface area contributed by atoms with E-state index in [1.807, 2.05) is 0 Å². The van der Waals surface area contributed by atoms with Crippen molar-refractivity contribution in [2.24, 2.45) is 0 Å². The lowest BCUT2D eigenvalue weighted by Crippen LogP contribution is -2.11. The zero-order chi connectivity index (χ0) is 20.0. The molecule has 2 aromatic rings. The third-order valence-electron chi connectivity index (χ3n) is 3.45. The summed E-state index contributed by atoms with van der Waals surface area (Å²) in [5, 5.41) is 0. The minimum atomic E-state index is -4.49. The Labute approximate surface area is 153 Å². The standard InChI is InChI=1S/C19H15F3O5/c1-25-16-11-12(4-10-17(23)26-2)3-9-15(16)27-18(24)13-5-7-14(8-6-13)19(20,21)22/h3-11H,1-2H3/b10-4+. The maximum absolute atomic E-state index is 12.6. The number of rotatable bonds is 5. The van der Waals surface area contributed by atoms with Gasteiger partial charge in [-0.1, -0.05) is 6.07 Å². The third kappa shape index (κ3) is 5.34. The number of hydrogen-bond acceptors (Lipinski definition) is 5. The molecule has 0 amide bonds. The number of halogens is 3. The second kappa shape index (κ2) is 8.39. The van der Waals surface area contributed by atoms with Crippen LogP contribution in [0.1, 0.15) is 21.5 Å². The van der Waals surface area contributed by atoms with Gasteiger partial charge in [-0.15, -0.1) is 0 Å². The van der Waals surface area contributed by atoms with Crippen LogP contribution in [0.5, 0.6) is 11.5 Å². The molecule has 0 unspecified atom stereocenters. The van der Waals surface area contributed by atoms with Crippen LogP contribution < -0.4 is 9.47 Å². The molecule has 0 N–H and O–H groups in total. The second-order valence-corrected chi connectivity index (χ2v) is 5.23. The van der Waals surface area contributed by atoms with Crippen molar-refractivity contribution in [1.29, 1.82) is 0 Å². The maximum Gasteiger partial charge on any atom is 0.416 e. The largest absolute Gasteiger partial charge is 0.493 e. The van der Waals surface area contributed by atoms with Crippen molar-refractivity contribution in [3.63, 3.8) is 0 Å². The molecule has 0 spiro atoms. The van der Waals surface area contributed by atoms with Crippen molar-refractivity contribution in [2.45, 2.75) is 6.18 Å². The average molecular weight is 380 g/mol. The molecule has 0 aliphatic heterocycles. The van der Waals surface area contributed by atoms with Crippen molar-refractivity contribution in [3.05, 3.63) is 65.2 Å². The van der Waals surface area contributed by atoms with Crippen LogP contribution in [-0.2, 0) is 15.7 Å². The first-order valence-electron chi connectivity index (χ1n) is 7.58. The topological polar surface area (TPSA) is 61.8 Å². The van der Waals surface area contributed by atoms with Gasteiger partial charge in [0, 0.05) is 6.08 Å². The van der Waals surface area contributed by atoms with Crippen molar-refractivity contribution >= 4 is 18.0 Å². The first kappa shape index (κ1) is 20.0. The van der Waals surface area contributed by atoms with E-state index in [9.17, 15) is 22.8 Å². The fourth-order valence-electron chi connectivity index (χ4n) is 2.06. The zero-order valence-corrected chi connectivity index (χ0v) is 14.4. The highest BCUT2D eigenvalue weighted by Crippen LogP contribution is 2.31. The zero-order valence-electron chi connectivity index (χ0n) is 14.4. The van der Waals surface area contributed by atoms with E-state index in [-0.39, 0.29) is 17.1 Å². The Kier molecular flexibility index (Phi) is 6.23. The van der Waals surface area contributed by atoms with Gasteiger partial charge in [-0.2, -0.15) is 13.2 Å².